The number of nitrogens with two attached hydrogens (primary N) is 1. The zero-order chi connectivity index (χ0) is 13.4. The lowest BCUT2D eigenvalue weighted by Gasteiger charge is -2.04. The Labute approximate surface area is 120 Å². The molecule has 2 N–H and O–H groups in total. The highest BCUT2D eigenvalue weighted by Gasteiger charge is 2.15. The summed E-state index contributed by atoms with van der Waals surface area (Å²) in [6.45, 7) is 3.51. The number of aryl methyl sites for hydroxylation is 1. The maximum absolute atomic E-state index is 6.23. The van der Waals surface area contributed by atoms with E-state index in [1.54, 1.807) is 11.3 Å². The van der Waals surface area contributed by atoms with Gasteiger partial charge in [0.15, 0.2) is 5.82 Å². The molecule has 19 heavy (non-hydrogen) atoms. The summed E-state index contributed by atoms with van der Waals surface area (Å²) in [5, 5.41) is 2.75. The quantitative estimate of drug-likeness (QED) is 0.795. The molecule has 2 aromatic heterocycles. The zero-order valence-corrected chi connectivity index (χ0v) is 12.1. The monoisotopic (exact) mass is 291 g/mol. The van der Waals surface area contributed by atoms with Crippen molar-refractivity contribution in [3.05, 3.63) is 40.2 Å². The van der Waals surface area contributed by atoms with Crippen molar-refractivity contribution in [2.45, 2.75) is 20.0 Å². The van der Waals surface area contributed by atoms with Gasteiger partial charge in [-0.15, -0.1) is 11.3 Å². The van der Waals surface area contributed by atoms with Crippen LogP contribution in [0.15, 0.2) is 29.6 Å². The lowest BCUT2D eigenvalue weighted by molar-refractivity contribution is 0.798. The van der Waals surface area contributed by atoms with Crippen molar-refractivity contribution in [1.82, 2.24) is 9.55 Å². The van der Waals surface area contributed by atoms with Crippen molar-refractivity contribution in [3.63, 3.8) is 0 Å². The molecule has 3 rings (SSSR count). The molecule has 5 heteroatoms. The van der Waals surface area contributed by atoms with Crippen LogP contribution in [0.5, 0.6) is 0 Å². The standard InChI is InChI=1S/C14H14ClN3S/c1-2-18-12-4-3-9(8-16)7-11(12)17-14(18)13-10(15)5-6-19-13/h3-7H,2,8,16H2,1H3. The molecule has 1 aromatic carbocycles. The van der Waals surface area contributed by atoms with Crippen molar-refractivity contribution in [1.29, 1.82) is 0 Å². The van der Waals surface area contributed by atoms with Gasteiger partial charge in [0.1, 0.15) is 0 Å². The highest BCUT2D eigenvalue weighted by atomic mass is 35.5. The van der Waals surface area contributed by atoms with E-state index < -0.39 is 0 Å². The van der Waals surface area contributed by atoms with Gasteiger partial charge in [-0.25, -0.2) is 4.98 Å². The van der Waals surface area contributed by atoms with Gasteiger partial charge in [0.05, 0.1) is 20.9 Å². The van der Waals surface area contributed by atoms with Crippen molar-refractivity contribution in [2.24, 2.45) is 5.73 Å². The Balaban J connectivity index is 2.27. The number of rotatable bonds is 3. The van der Waals surface area contributed by atoms with Crippen LogP contribution in [-0.2, 0) is 13.1 Å². The van der Waals surface area contributed by atoms with Crippen LogP contribution in [0.2, 0.25) is 5.02 Å². The summed E-state index contributed by atoms with van der Waals surface area (Å²) in [6.07, 6.45) is 0. The number of nitrogens with zero attached hydrogens (tertiary/aromatic N) is 2. The van der Waals surface area contributed by atoms with Gasteiger partial charge in [-0.3, -0.25) is 0 Å². The Morgan fingerprint density at radius 3 is 2.84 bits per heavy atom. The molecule has 98 valence electrons. The molecular weight excluding hydrogens is 278 g/mol. The normalized spacial score (nSPS) is 11.3. The summed E-state index contributed by atoms with van der Waals surface area (Å²) in [6, 6.07) is 8.09. The van der Waals surface area contributed by atoms with Crippen LogP contribution in [0.1, 0.15) is 12.5 Å². The molecule has 2 heterocycles. The van der Waals surface area contributed by atoms with Crippen LogP contribution in [0.4, 0.5) is 0 Å². The van der Waals surface area contributed by atoms with E-state index in [0.717, 1.165) is 38.9 Å². The molecule has 0 atom stereocenters. The first-order valence-electron chi connectivity index (χ1n) is 6.17. The van der Waals surface area contributed by atoms with Gasteiger partial charge in [0, 0.05) is 13.1 Å². The lowest BCUT2D eigenvalue weighted by atomic mass is 10.2. The summed E-state index contributed by atoms with van der Waals surface area (Å²) < 4.78 is 2.19. The first kappa shape index (κ1) is 12.7. The van der Waals surface area contributed by atoms with Gasteiger partial charge in [-0.05, 0) is 36.1 Å². The van der Waals surface area contributed by atoms with Gasteiger partial charge in [0.25, 0.3) is 0 Å². The van der Waals surface area contributed by atoms with Crippen molar-refractivity contribution >= 4 is 34.0 Å². The topological polar surface area (TPSA) is 43.8 Å². The summed E-state index contributed by atoms with van der Waals surface area (Å²) in [4.78, 5) is 5.75. The van der Waals surface area contributed by atoms with E-state index in [9.17, 15) is 0 Å². The Hall–Kier alpha value is -1.36. The van der Waals surface area contributed by atoms with Crippen LogP contribution in [-0.4, -0.2) is 9.55 Å². The van der Waals surface area contributed by atoms with Crippen molar-refractivity contribution in [2.75, 3.05) is 0 Å². The molecule has 0 saturated carbocycles. The fourth-order valence-electron chi connectivity index (χ4n) is 2.25. The molecule has 0 spiro atoms. The van der Waals surface area contributed by atoms with E-state index in [2.05, 4.69) is 23.6 Å². The second kappa shape index (κ2) is 4.96. The van der Waals surface area contributed by atoms with Gasteiger partial charge in [0.2, 0.25) is 0 Å². The van der Waals surface area contributed by atoms with Crippen LogP contribution >= 0.6 is 22.9 Å². The van der Waals surface area contributed by atoms with Gasteiger partial charge < -0.3 is 10.3 Å². The number of halogens is 1. The molecule has 0 unspecified atom stereocenters. The first-order valence-corrected chi connectivity index (χ1v) is 7.43. The molecule has 0 aliphatic heterocycles. The summed E-state index contributed by atoms with van der Waals surface area (Å²) in [7, 11) is 0. The highest BCUT2D eigenvalue weighted by Crippen LogP contribution is 2.34. The average molecular weight is 292 g/mol. The fourth-order valence-corrected chi connectivity index (χ4v) is 3.39. The van der Waals surface area contributed by atoms with E-state index >= 15 is 0 Å². The van der Waals surface area contributed by atoms with E-state index in [1.165, 1.54) is 0 Å². The molecule has 0 saturated heterocycles. The number of fused-ring (bicyclic) bond motifs is 1. The number of thiophene rings is 1. The van der Waals surface area contributed by atoms with E-state index in [1.807, 2.05) is 17.5 Å². The minimum Gasteiger partial charge on any atom is -0.326 e. The largest absolute Gasteiger partial charge is 0.326 e. The van der Waals surface area contributed by atoms with E-state index in [0.29, 0.717) is 6.54 Å². The number of benzene rings is 1. The third-order valence-corrected chi connectivity index (χ3v) is 4.52. The molecule has 0 radical (unpaired) electrons. The van der Waals surface area contributed by atoms with Crippen LogP contribution < -0.4 is 5.73 Å². The SMILES string of the molecule is CCn1c(-c2sccc2Cl)nc2cc(CN)ccc21. The average Bonchev–Trinajstić information content (AvgIpc) is 3.00. The Morgan fingerprint density at radius 2 is 2.21 bits per heavy atom. The maximum Gasteiger partial charge on any atom is 0.152 e. The Bertz CT molecular complexity index is 729. The molecule has 3 aromatic rings. The number of aromatic nitrogens is 2. The molecule has 0 fully saturated rings. The van der Waals surface area contributed by atoms with E-state index in [4.69, 9.17) is 22.3 Å². The van der Waals surface area contributed by atoms with Crippen LogP contribution in [0.3, 0.4) is 0 Å². The lowest BCUT2D eigenvalue weighted by Crippen LogP contribution is -1.97. The molecule has 0 bridgehead atoms. The second-order valence-corrected chi connectivity index (χ2v) is 5.63. The third kappa shape index (κ3) is 2.06. The van der Waals surface area contributed by atoms with Gasteiger partial charge in [-0.1, -0.05) is 17.7 Å². The fraction of sp³-hybridized carbons (Fsp3) is 0.214. The Morgan fingerprint density at radius 1 is 1.37 bits per heavy atom. The number of hydrogen-bond acceptors (Lipinski definition) is 3. The minimum absolute atomic E-state index is 0.532. The summed E-state index contributed by atoms with van der Waals surface area (Å²) in [5.74, 6) is 0.937. The molecule has 0 aliphatic carbocycles. The minimum atomic E-state index is 0.532. The predicted octanol–water partition coefficient (Wildman–Crippen LogP) is 3.90. The van der Waals surface area contributed by atoms with Crippen LogP contribution in [0, 0.1) is 0 Å². The first-order chi connectivity index (χ1) is 9.24. The predicted molar refractivity (Wildman–Crippen MR) is 81.6 cm³/mol. The molecule has 0 aliphatic rings. The zero-order valence-electron chi connectivity index (χ0n) is 10.6. The van der Waals surface area contributed by atoms with Gasteiger partial charge >= 0.3 is 0 Å². The maximum atomic E-state index is 6.23. The number of imidazole rings is 1. The van der Waals surface area contributed by atoms with Crippen molar-refractivity contribution in [3.8, 4) is 10.7 Å². The van der Waals surface area contributed by atoms with E-state index in [-0.39, 0.29) is 0 Å². The Kier molecular flexibility index (Phi) is 3.31. The smallest absolute Gasteiger partial charge is 0.152 e. The summed E-state index contributed by atoms with van der Waals surface area (Å²) >= 11 is 7.84. The molecular formula is C14H14ClN3S. The molecule has 3 nitrogen and oxygen atoms in total. The highest BCUT2D eigenvalue weighted by molar-refractivity contribution is 7.14. The summed E-state index contributed by atoms with van der Waals surface area (Å²) in [5.41, 5.74) is 8.88. The molecule has 0 amide bonds. The van der Waals surface area contributed by atoms with Gasteiger partial charge in [-0.2, -0.15) is 0 Å². The third-order valence-electron chi connectivity index (χ3n) is 3.18. The second-order valence-electron chi connectivity index (χ2n) is 4.30. The van der Waals surface area contributed by atoms with Crippen molar-refractivity contribution < 1.29 is 0 Å². The number of hydrogen-bond donors (Lipinski definition) is 1. The van der Waals surface area contributed by atoms with Crippen LogP contribution in [0.25, 0.3) is 21.7 Å².